The molecule has 1 saturated heterocycles. The van der Waals surface area contributed by atoms with Gasteiger partial charge in [0, 0.05) is 29.7 Å². The van der Waals surface area contributed by atoms with Gasteiger partial charge >= 0.3 is 0 Å². The van der Waals surface area contributed by atoms with Gasteiger partial charge in [0.2, 0.25) is 10.0 Å². The van der Waals surface area contributed by atoms with Crippen LogP contribution < -0.4 is 10.1 Å². The van der Waals surface area contributed by atoms with Crippen molar-refractivity contribution in [2.75, 3.05) is 20.2 Å². The molecule has 1 fully saturated rings. The molecule has 0 bridgehead atoms. The normalized spacial score (nSPS) is 16.1. The lowest BCUT2D eigenvalue weighted by Crippen LogP contribution is -2.46. The molecule has 0 unspecified atom stereocenters. The van der Waals surface area contributed by atoms with Gasteiger partial charge in [-0.25, -0.2) is 8.42 Å². The summed E-state index contributed by atoms with van der Waals surface area (Å²) in [5.74, 6) is 0.518. The van der Waals surface area contributed by atoms with E-state index >= 15 is 0 Å². The zero-order valence-electron chi connectivity index (χ0n) is 14.9. The number of hydrogen-bond acceptors (Lipinski definition) is 4. The molecular formula is C19H21ClN2O4S. The van der Waals surface area contributed by atoms with E-state index < -0.39 is 10.0 Å². The minimum Gasteiger partial charge on any atom is -0.497 e. The largest absolute Gasteiger partial charge is 0.497 e. The predicted octanol–water partition coefficient (Wildman–Crippen LogP) is 2.93. The Morgan fingerprint density at radius 1 is 1.07 bits per heavy atom. The number of hydrogen-bond donors (Lipinski definition) is 1. The highest BCUT2D eigenvalue weighted by atomic mass is 35.5. The number of halogens is 1. The minimum atomic E-state index is -3.54. The number of benzene rings is 2. The Hall–Kier alpha value is -2.09. The van der Waals surface area contributed by atoms with Crippen LogP contribution in [-0.2, 0) is 10.0 Å². The summed E-state index contributed by atoms with van der Waals surface area (Å²) in [6, 6.07) is 13.0. The summed E-state index contributed by atoms with van der Waals surface area (Å²) >= 11 is 5.83. The van der Waals surface area contributed by atoms with Crippen LogP contribution in [0, 0.1) is 0 Å². The standard InChI is InChI=1S/C19H21ClN2O4S/c1-26-17-6-2-14(3-7-17)19(23)21-16-10-12-22(13-11-16)27(24,25)18-8-4-15(20)5-9-18/h2-9,16H,10-13H2,1H3,(H,21,23). The molecule has 8 heteroatoms. The van der Waals surface area contributed by atoms with Crippen molar-refractivity contribution < 1.29 is 17.9 Å². The van der Waals surface area contributed by atoms with Crippen molar-refractivity contribution in [1.29, 1.82) is 0 Å². The number of carbonyl (C=O) groups is 1. The summed E-state index contributed by atoms with van der Waals surface area (Å²) in [5, 5.41) is 3.47. The van der Waals surface area contributed by atoms with Gasteiger partial charge in [-0.15, -0.1) is 0 Å². The zero-order valence-corrected chi connectivity index (χ0v) is 16.5. The van der Waals surface area contributed by atoms with Crippen LogP contribution in [-0.4, -0.2) is 44.9 Å². The molecule has 1 aliphatic heterocycles. The molecule has 2 aromatic carbocycles. The van der Waals surface area contributed by atoms with Crippen molar-refractivity contribution in [3.8, 4) is 5.75 Å². The van der Waals surface area contributed by atoms with Gasteiger partial charge in [0.15, 0.2) is 0 Å². The topological polar surface area (TPSA) is 75.7 Å². The van der Waals surface area contributed by atoms with Crippen LogP contribution in [0.15, 0.2) is 53.4 Å². The van der Waals surface area contributed by atoms with Gasteiger partial charge in [-0.3, -0.25) is 4.79 Å². The van der Waals surface area contributed by atoms with Crippen LogP contribution in [0.2, 0.25) is 5.02 Å². The molecule has 0 aliphatic carbocycles. The second kappa shape index (κ2) is 8.29. The van der Waals surface area contributed by atoms with Gasteiger partial charge in [0.05, 0.1) is 12.0 Å². The first-order valence-corrected chi connectivity index (χ1v) is 10.4. The lowest BCUT2D eigenvalue weighted by Gasteiger charge is -2.31. The van der Waals surface area contributed by atoms with E-state index in [1.165, 1.54) is 16.4 Å². The lowest BCUT2D eigenvalue weighted by molar-refractivity contribution is 0.0924. The molecule has 0 spiro atoms. The number of sulfonamides is 1. The summed E-state index contributed by atoms with van der Waals surface area (Å²) in [5.41, 5.74) is 0.548. The first-order chi connectivity index (χ1) is 12.9. The van der Waals surface area contributed by atoms with Crippen molar-refractivity contribution in [2.24, 2.45) is 0 Å². The Morgan fingerprint density at radius 3 is 2.22 bits per heavy atom. The number of carbonyl (C=O) groups excluding carboxylic acids is 1. The van der Waals surface area contributed by atoms with Gasteiger partial charge in [0.25, 0.3) is 5.91 Å². The van der Waals surface area contributed by atoms with Crippen molar-refractivity contribution in [2.45, 2.75) is 23.8 Å². The summed E-state index contributed by atoms with van der Waals surface area (Å²) in [6.45, 7) is 0.719. The van der Waals surface area contributed by atoms with Crippen molar-refractivity contribution in [3.63, 3.8) is 0 Å². The number of methoxy groups -OCH3 is 1. The summed E-state index contributed by atoms with van der Waals surface area (Å²) in [4.78, 5) is 12.6. The zero-order chi connectivity index (χ0) is 19.4. The molecule has 3 rings (SSSR count). The van der Waals surface area contributed by atoms with Crippen molar-refractivity contribution in [3.05, 3.63) is 59.1 Å². The molecule has 1 heterocycles. The Labute approximate surface area is 164 Å². The quantitative estimate of drug-likeness (QED) is 0.825. The minimum absolute atomic E-state index is 0.0590. The molecule has 0 atom stereocenters. The summed E-state index contributed by atoms with van der Waals surface area (Å²) in [7, 11) is -1.97. The van der Waals surface area contributed by atoms with E-state index in [-0.39, 0.29) is 16.8 Å². The highest BCUT2D eigenvalue weighted by molar-refractivity contribution is 7.89. The molecule has 6 nitrogen and oxygen atoms in total. The molecule has 0 radical (unpaired) electrons. The molecule has 0 aromatic heterocycles. The predicted molar refractivity (Wildman–Crippen MR) is 104 cm³/mol. The number of amides is 1. The third-order valence-electron chi connectivity index (χ3n) is 4.59. The van der Waals surface area contributed by atoms with E-state index in [1.54, 1.807) is 43.5 Å². The molecule has 144 valence electrons. The Morgan fingerprint density at radius 2 is 1.67 bits per heavy atom. The fourth-order valence-electron chi connectivity index (χ4n) is 3.01. The van der Waals surface area contributed by atoms with E-state index in [0.29, 0.717) is 42.3 Å². The number of nitrogens with one attached hydrogen (secondary N) is 1. The smallest absolute Gasteiger partial charge is 0.251 e. The molecule has 1 N–H and O–H groups in total. The van der Waals surface area contributed by atoms with E-state index in [1.807, 2.05) is 0 Å². The number of rotatable bonds is 5. The third kappa shape index (κ3) is 4.61. The first kappa shape index (κ1) is 19.7. The number of piperidine rings is 1. The first-order valence-electron chi connectivity index (χ1n) is 8.61. The maximum absolute atomic E-state index is 12.7. The highest BCUT2D eigenvalue weighted by Crippen LogP contribution is 2.22. The molecule has 27 heavy (non-hydrogen) atoms. The Bertz CT molecular complexity index is 890. The van der Waals surface area contributed by atoms with Gasteiger partial charge in [0.1, 0.15) is 5.75 Å². The molecule has 1 amide bonds. The van der Waals surface area contributed by atoms with Crippen molar-refractivity contribution in [1.82, 2.24) is 9.62 Å². The van der Waals surface area contributed by atoms with Gasteiger partial charge < -0.3 is 10.1 Å². The maximum atomic E-state index is 12.7. The van der Waals surface area contributed by atoms with E-state index in [4.69, 9.17) is 16.3 Å². The highest BCUT2D eigenvalue weighted by Gasteiger charge is 2.30. The number of ether oxygens (including phenoxy) is 1. The Balaban J connectivity index is 1.58. The average molecular weight is 409 g/mol. The summed E-state index contributed by atoms with van der Waals surface area (Å²) in [6.07, 6.45) is 1.13. The third-order valence-corrected chi connectivity index (χ3v) is 6.76. The lowest BCUT2D eigenvalue weighted by atomic mass is 10.1. The van der Waals surface area contributed by atoms with E-state index in [9.17, 15) is 13.2 Å². The molecule has 2 aromatic rings. The summed E-state index contributed by atoms with van der Waals surface area (Å²) < 4.78 is 31.9. The maximum Gasteiger partial charge on any atom is 0.251 e. The molecule has 1 aliphatic rings. The van der Waals surface area contributed by atoms with Crippen LogP contribution >= 0.6 is 11.6 Å². The molecule has 0 saturated carbocycles. The number of nitrogens with zero attached hydrogens (tertiary/aromatic N) is 1. The fourth-order valence-corrected chi connectivity index (χ4v) is 4.60. The van der Waals surface area contributed by atoms with Crippen LogP contribution in [0.4, 0.5) is 0 Å². The second-order valence-electron chi connectivity index (χ2n) is 6.33. The monoisotopic (exact) mass is 408 g/mol. The van der Waals surface area contributed by atoms with Crippen LogP contribution in [0.1, 0.15) is 23.2 Å². The van der Waals surface area contributed by atoms with E-state index in [2.05, 4.69) is 5.32 Å². The van der Waals surface area contributed by atoms with Crippen LogP contribution in [0.5, 0.6) is 5.75 Å². The van der Waals surface area contributed by atoms with Gasteiger partial charge in [-0.2, -0.15) is 4.31 Å². The van der Waals surface area contributed by atoms with Crippen molar-refractivity contribution >= 4 is 27.5 Å². The second-order valence-corrected chi connectivity index (χ2v) is 8.71. The SMILES string of the molecule is COc1ccc(C(=O)NC2CCN(S(=O)(=O)c3ccc(Cl)cc3)CC2)cc1. The van der Waals surface area contributed by atoms with Crippen LogP contribution in [0.3, 0.4) is 0 Å². The molecular weight excluding hydrogens is 388 g/mol. The van der Waals surface area contributed by atoms with Gasteiger partial charge in [-0.05, 0) is 61.4 Å². The Kier molecular flexibility index (Phi) is 6.04. The van der Waals surface area contributed by atoms with Crippen LogP contribution in [0.25, 0.3) is 0 Å². The fraction of sp³-hybridized carbons (Fsp3) is 0.316. The van der Waals surface area contributed by atoms with Gasteiger partial charge in [-0.1, -0.05) is 11.6 Å². The average Bonchev–Trinajstić information content (AvgIpc) is 2.69. The van der Waals surface area contributed by atoms with E-state index in [0.717, 1.165) is 0 Å².